The number of carbonyl (C=O) groups excluding carboxylic acids is 1. The van der Waals surface area contributed by atoms with Crippen LogP contribution in [0.1, 0.15) is 12.0 Å². The van der Waals surface area contributed by atoms with E-state index in [0.717, 1.165) is 44.8 Å². The van der Waals surface area contributed by atoms with Crippen LogP contribution >= 0.6 is 0 Å². The molecule has 0 N–H and O–H groups in total. The third-order valence-electron chi connectivity index (χ3n) is 3.78. The van der Waals surface area contributed by atoms with Gasteiger partial charge in [0.2, 0.25) is 5.91 Å². The molecule has 1 heterocycles. The maximum absolute atomic E-state index is 12.9. The molecule has 0 aromatic heterocycles. The first-order chi connectivity index (χ1) is 10.7. The van der Waals surface area contributed by atoms with E-state index in [2.05, 4.69) is 11.5 Å². The monoisotopic (exact) mass is 306 g/mol. The second-order valence-corrected chi connectivity index (χ2v) is 5.40. The largest absolute Gasteiger partial charge is 0.379 e. The minimum atomic E-state index is -0.266. The number of hydrogen-bond donors (Lipinski definition) is 0. The normalized spacial score (nSPS) is 15.5. The highest BCUT2D eigenvalue weighted by atomic mass is 19.1. The highest BCUT2D eigenvalue weighted by Gasteiger charge is 2.13. The Labute approximate surface area is 131 Å². The fourth-order valence-corrected chi connectivity index (χ4v) is 2.52. The molecule has 1 amide bonds. The molecule has 0 unspecified atom stereocenters. The molecule has 0 spiro atoms. The first-order valence-electron chi connectivity index (χ1n) is 7.65. The van der Waals surface area contributed by atoms with Gasteiger partial charge in [0.15, 0.2) is 0 Å². The Kier molecular flexibility index (Phi) is 6.55. The Morgan fingerprint density at radius 3 is 2.64 bits per heavy atom. The molecule has 5 heteroatoms. The first kappa shape index (κ1) is 16.6. The number of hydrogen-bond acceptors (Lipinski definition) is 3. The van der Waals surface area contributed by atoms with Gasteiger partial charge in [0.1, 0.15) is 5.82 Å². The lowest BCUT2D eigenvalue weighted by molar-refractivity contribution is -0.126. The summed E-state index contributed by atoms with van der Waals surface area (Å²) in [6.45, 7) is 9.12. The molecule has 1 aliphatic rings. The van der Waals surface area contributed by atoms with E-state index in [-0.39, 0.29) is 11.7 Å². The van der Waals surface area contributed by atoms with Crippen molar-refractivity contribution < 1.29 is 13.9 Å². The summed E-state index contributed by atoms with van der Waals surface area (Å²) >= 11 is 0. The molecule has 0 atom stereocenters. The average molecular weight is 306 g/mol. The molecule has 0 radical (unpaired) electrons. The van der Waals surface area contributed by atoms with Gasteiger partial charge in [-0.15, -0.1) is 0 Å². The van der Waals surface area contributed by atoms with Gasteiger partial charge in [0.05, 0.1) is 13.2 Å². The molecule has 2 rings (SSSR count). The van der Waals surface area contributed by atoms with Crippen molar-refractivity contribution in [3.05, 3.63) is 48.3 Å². The lowest BCUT2D eigenvalue weighted by Crippen LogP contribution is -2.38. The summed E-state index contributed by atoms with van der Waals surface area (Å²) in [5.74, 6) is -0.357. The van der Waals surface area contributed by atoms with Crippen molar-refractivity contribution in [2.75, 3.05) is 39.4 Å². The second kappa shape index (κ2) is 8.66. The van der Waals surface area contributed by atoms with E-state index in [1.165, 1.54) is 18.2 Å². The Bertz CT molecular complexity index is 484. The van der Waals surface area contributed by atoms with Crippen molar-refractivity contribution in [1.82, 2.24) is 9.80 Å². The molecule has 0 bridgehead atoms. The predicted molar refractivity (Wildman–Crippen MR) is 83.9 cm³/mol. The van der Waals surface area contributed by atoms with Crippen molar-refractivity contribution in [2.24, 2.45) is 0 Å². The number of halogens is 1. The highest BCUT2D eigenvalue weighted by molar-refractivity contribution is 5.86. The maximum Gasteiger partial charge on any atom is 0.246 e. The number of rotatable bonds is 7. The zero-order valence-corrected chi connectivity index (χ0v) is 12.8. The summed E-state index contributed by atoms with van der Waals surface area (Å²) in [6, 6.07) is 6.25. The molecule has 4 nitrogen and oxygen atoms in total. The minimum Gasteiger partial charge on any atom is -0.379 e. The Hall–Kier alpha value is -1.72. The molecule has 0 saturated carbocycles. The standard InChI is InChI=1S/C17H23FN2O2/c1-2-17(21)20(14-15-4-6-16(18)7-5-15)9-3-8-19-10-12-22-13-11-19/h2,4-7H,1,3,8-14H2. The number of amides is 1. The zero-order valence-electron chi connectivity index (χ0n) is 12.8. The molecule has 0 aliphatic carbocycles. The van der Waals surface area contributed by atoms with Crippen molar-refractivity contribution in [1.29, 1.82) is 0 Å². The number of ether oxygens (including phenoxy) is 1. The Morgan fingerprint density at radius 1 is 1.32 bits per heavy atom. The van der Waals surface area contributed by atoms with Crippen molar-refractivity contribution >= 4 is 5.91 Å². The van der Waals surface area contributed by atoms with E-state index in [1.54, 1.807) is 17.0 Å². The van der Waals surface area contributed by atoms with Crippen molar-refractivity contribution in [3.63, 3.8) is 0 Å². The molecule has 1 aromatic carbocycles. The quantitative estimate of drug-likeness (QED) is 0.723. The van der Waals surface area contributed by atoms with Gasteiger partial charge >= 0.3 is 0 Å². The van der Waals surface area contributed by atoms with Crippen molar-refractivity contribution in [3.8, 4) is 0 Å². The van der Waals surface area contributed by atoms with Gasteiger partial charge in [0.25, 0.3) is 0 Å². The zero-order chi connectivity index (χ0) is 15.8. The average Bonchev–Trinajstić information content (AvgIpc) is 2.56. The molecule has 1 aromatic rings. The molecule has 22 heavy (non-hydrogen) atoms. The fourth-order valence-electron chi connectivity index (χ4n) is 2.52. The van der Waals surface area contributed by atoms with Gasteiger partial charge < -0.3 is 9.64 Å². The van der Waals surface area contributed by atoms with Crippen LogP contribution in [0.15, 0.2) is 36.9 Å². The Morgan fingerprint density at radius 2 is 2.00 bits per heavy atom. The van der Waals surface area contributed by atoms with Crippen LogP contribution in [0.25, 0.3) is 0 Å². The van der Waals surface area contributed by atoms with Gasteiger partial charge in [-0.05, 0) is 30.2 Å². The van der Waals surface area contributed by atoms with Crippen LogP contribution in [0, 0.1) is 5.82 Å². The van der Waals surface area contributed by atoms with Gasteiger partial charge in [-0.3, -0.25) is 9.69 Å². The van der Waals surface area contributed by atoms with Crippen LogP contribution in [0.2, 0.25) is 0 Å². The smallest absolute Gasteiger partial charge is 0.246 e. The summed E-state index contributed by atoms with van der Waals surface area (Å²) in [7, 11) is 0. The van der Waals surface area contributed by atoms with E-state index in [1.807, 2.05) is 0 Å². The third-order valence-corrected chi connectivity index (χ3v) is 3.78. The van der Waals surface area contributed by atoms with Crippen LogP contribution in [0.5, 0.6) is 0 Å². The summed E-state index contributed by atoms with van der Waals surface area (Å²) in [5, 5.41) is 0. The summed E-state index contributed by atoms with van der Waals surface area (Å²) in [4.78, 5) is 16.1. The number of nitrogens with zero attached hydrogens (tertiary/aromatic N) is 2. The SMILES string of the molecule is C=CC(=O)N(CCCN1CCOCC1)Cc1ccc(F)cc1. The van der Waals surface area contributed by atoms with Crippen LogP contribution in [0.3, 0.4) is 0 Å². The van der Waals surface area contributed by atoms with Crippen LogP contribution < -0.4 is 0 Å². The summed E-state index contributed by atoms with van der Waals surface area (Å²) < 4.78 is 18.3. The summed E-state index contributed by atoms with van der Waals surface area (Å²) in [5.41, 5.74) is 0.919. The van der Waals surface area contributed by atoms with Crippen molar-refractivity contribution in [2.45, 2.75) is 13.0 Å². The molecule has 120 valence electrons. The molecule has 1 saturated heterocycles. The minimum absolute atomic E-state index is 0.0914. The Balaban J connectivity index is 1.84. The molecule has 1 aliphatic heterocycles. The topological polar surface area (TPSA) is 32.8 Å². The highest BCUT2D eigenvalue weighted by Crippen LogP contribution is 2.08. The number of carbonyl (C=O) groups is 1. The first-order valence-corrected chi connectivity index (χ1v) is 7.65. The van der Waals surface area contributed by atoms with Gasteiger partial charge in [-0.2, -0.15) is 0 Å². The third kappa shape index (κ3) is 5.24. The molecular weight excluding hydrogens is 283 g/mol. The molecular formula is C17H23FN2O2. The van der Waals surface area contributed by atoms with Crippen LogP contribution in [-0.2, 0) is 16.1 Å². The van der Waals surface area contributed by atoms with E-state index >= 15 is 0 Å². The van der Waals surface area contributed by atoms with Gasteiger partial charge in [-0.25, -0.2) is 4.39 Å². The van der Waals surface area contributed by atoms with E-state index in [4.69, 9.17) is 4.74 Å². The molecule has 1 fully saturated rings. The van der Waals surface area contributed by atoms with Gasteiger partial charge in [0, 0.05) is 32.7 Å². The predicted octanol–water partition coefficient (Wildman–Crippen LogP) is 2.06. The number of morpholine rings is 1. The van der Waals surface area contributed by atoms with Crippen LogP contribution in [0.4, 0.5) is 4.39 Å². The van der Waals surface area contributed by atoms with E-state index in [0.29, 0.717) is 13.1 Å². The second-order valence-electron chi connectivity index (χ2n) is 5.40. The number of benzene rings is 1. The maximum atomic E-state index is 12.9. The lowest BCUT2D eigenvalue weighted by Gasteiger charge is -2.28. The lowest BCUT2D eigenvalue weighted by atomic mass is 10.2. The van der Waals surface area contributed by atoms with E-state index in [9.17, 15) is 9.18 Å². The van der Waals surface area contributed by atoms with Crippen LogP contribution in [-0.4, -0.2) is 55.1 Å². The summed E-state index contributed by atoms with van der Waals surface area (Å²) in [6.07, 6.45) is 2.24. The van der Waals surface area contributed by atoms with E-state index < -0.39 is 0 Å². The van der Waals surface area contributed by atoms with Gasteiger partial charge in [-0.1, -0.05) is 18.7 Å². The fraction of sp³-hybridized carbons (Fsp3) is 0.471.